The van der Waals surface area contributed by atoms with Crippen molar-refractivity contribution in [1.29, 1.82) is 0 Å². The van der Waals surface area contributed by atoms with Crippen molar-refractivity contribution in [2.24, 2.45) is 11.7 Å². The van der Waals surface area contributed by atoms with Gasteiger partial charge in [0.2, 0.25) is 0 Å². The van der Waals surface area contributed by atoms with Gasteiger partial charge in [0.1, 0.15) is 0 Å². The van der Waals surface area contributed by atoms with Crippen molar-refractivity contribution in [3.63, 3.8) is 0 Å². The molecular formula is C10H17BrN2S. The maximum atomic E-state index is 5.77. The highest BCUT2D eigenvalue weighted by molar-refractivity contribution is 9.11. The monoisotopic (exact) mass is 276 g/mol. The van der Waals surface area contributed by atoms with E-state index in [0.717, 1.165) is 13.1 Å². The number of halogens is 1. The summed E-state index contributed by atoms with van der Waals surface area (Å²) in [5.74, 6) is 0.526. The van der Waals surface area contributed by atoms with Crippen molar-refractivity contribution in [2.75, 3.05) is 6.54 Å². The molecule has 2 atom stereocenters. The lowest BCUT2D eigenvalue weighted by molar-refractivity contribution is 0.446. The van der Waals surface area contributed by atoms with Gasteiger partial charge in [-0.05, 0) is 47.4 Å². The van der Waals surface area contributed by atoms with Crippen molar-refractivity contribution in [3.8, 4) is 0 Å². The van der Waals surface area contributed by atoms with E-state index in [-0.39, 0.29) is 6.04 Å². The molecule has 0 aliphatic carbocycles. The first kappa shape index (κ1) is 12.2. The van der Waals surface area contributed by atoms with Crippen molar-refractivity contribution in [1.82, 2.24) is 5.32 Å². The molecule has 3 N–H and O–H groups in total. The molecule has 14 heavy (non-hydrogen) atoms. The van der Waals surface area contributed by atoms with E-state index in [1.54, 1.807) is 11.3 Å². The number of rotatable bonds is 5. The molecule has 4 heteroatoms. The Kier molecular flexibility index (Phi) is 5.09. The summed E-state index contributed by atoms with van der Waals surface area (Å²) in [6.45, 7) is 6.14. The largest absolute Gasteiger partial charge is 0.328 e. The van der Waals surface area contributed by atoms with Gasteiger partial charge in [0.25, 0.3) is 0 Å². The number of hydrogen-bond acceptors (Lipinski definition) is 3. The Hall–Kier alpha value is 0.1000. The van der Waals surface area contributed by atoms with Crippen LogP contribution < -0.4 is 11.1 Å². The summed E-state index contributed by atoms with van der Waals surface area (Å²) >= 11 is 5.22. The van der Waals surface area contributed by atoms with Crippen molar-refractivity contribution < 1.29 is 0 Å². The minimum absolute atomic E-state index is 0.262. The van der Waals surface area contributed by atoms with Gasteiger partial charge in [0, 0.05) is 17.5 Å². The average Bonchev–Trinajstić information content (AvgIpc) is 2.51. The minimum Gasteiger partial charge on any atom is -0.328 e. The van der Waals surface area contributed by atoms with Crippen LogP contribution in [0.4, 0.5) is 0 Å². The SMILES string of the molecule is CC(N)C(C)CNCc1ccc(Br)s1. The Morgan fingerprint density at radius 1 is 1.50 bits per heavy atom. The summed E-state index contributed by atoms with van der Waals surface area (Å²) in [6, 6.07) is 4.48. The second-order valence-corrected chi connectivity index (χ2v) is 6.22. The van der Waals surface area contributed by atoms with Gasteiger partial charge >= 0.3 is 0 Å². The molecule has 0 amide bonds. The lowest BCUT2D eigenvalue weighted by Crippen LogP contribution is -2.32. The van der Waals surface area contributed by atoms with Crippen LogP contribution in [0.5, 0.6) is 0 Å². The fourth-order valence-corrected chi connectivity index (χ4v) is 2.51. The van der Waals surface area contributed by atoms with E-state index < -0.39 is 0 Å². The van der Waals surface area contributed by atoms with Gasteiger partial charge < -0.3 is 11.1 Å². The number of nitrogens with two attached hydrogens (primary N) is 1. The molecule has 0 saturated heterocycles. The highest BCUT2D eigenvalue weighted by Crippen LogP contribution is 2.21. The predicted molar refractivity (Wildman–Crippen MR) is 66.5 cm³/mol. The van der Waals surface area contributed by atoms with Crippen molar-refractivity contribution >= 4 is 27.3 Å². The van der Waals surface area contributed by atoms with E-state index in [2.05, 4.69) is 40.3 Å². The maximum Gasteiger partial charge on any atom is 0.0701 e. The summed E-state index contributed by atoms with van der Waals surface area (Å²) in [7, 11) is 0. The molecule has 1 heterocycles. The predicted octanol–water partition coefficient (Wildman–Crippen LogP) is 2.58. The van der Waals surface area contributed by atoms with Gasteiger partial charge in [-0.25, -0.2) is 0 Å². The Bertz CT molecular complexity index is 273. The molecule has 0 aliphatic rings. The molecule has 1 aromatic rings. The fraction of sp³-hybridized carbons (Fsp3) is 0.600. The zero-order valence-corrected chi connectivity index (χ0v) is 11.0. The van der Waals surface area contributed by atoms with E-state index in [1.807, 2.05) is 6.92 Å². The zero-order chi connectivity index (χ0) is 10.6. The Balaban J connectivity index is 2.22. The van der Waals surface area contributed by atoms with Gasteiger partial charge in [-0.3, -0.25) is 0 Å². The van der Waals surface area contributed by atoms with Crippen LogP contribution in [-0.4, -0.2) is 12.6 Å². The summed E-state index contributed by atoms with van der Waals surface area (Å²) < 4.78 is 1.19. The van der Waals surface area contributed by atoms with E-state index in [9.17, 15) is 0 Å². The standard InChI is InChI=1S/C10H17BrN2S/c1-7(8(2)12)5-13-6-9-3-4-10(11)14-9/h3-4,7-8,13H,5-6,12H2,1-2H3. The minimum atomic E-state index is 0.262. The summed E-state index contributed by atoms with van der Waals surface area (Å²) in [4.78, 5) is 1.36. The third-order valence-electron chi connectivity index (χ3n) is 2.29. The second-order valence-electron chi connectivity index (χ2n) is 3.67. The molecule has 0 aromatic carbocycles. The van der Waals surface area contributed by atoms with Crippen LogP contribution >= 0.6 is 27.3 Å². The Labute approximate surface area is 98.0 Å². The van der Waals surface area contributed by atoms with Gasteiger partial charge in [0.15, 0.2) is 0 Å². The van der Waals surface area contributed by atoms with E-state index >= 15 is 0 Å². The van der Waals surface area contributed by atoms with Gasteiger partial charge in [-0.15, -0.1) is 11.3 Å². The van der Waals surface area contributed by atoms with Crippen LogP contribution in [0.3, 0.4) is 0 Å². The summed E-state index contributed by atoms with van der Waals surface area (Å²) in [6.07, 6.45) is 0. The van der Waals surface area contributed by atoms with Crippen LogP contribution in [-0.2, 0) is 6.54 Å². The van der Waals surface area contributed by atoms with Crippen molar-refractivity contribution in [3.05, 3.63) is 20.8 Å². The van der Waals surface area contributed by atoms with Crippen molar-refractivity contribution in [2.45, 2.75) is 26.4 Å². The molecule has 1 aromatic heterocycles. The normalized spacial score (nSPS) is 15.4. The number of thiophene rings is 1. The third kappa shape index (κ3) is 4.09. The Morgan fingerprint density at radius 2 is 2.21 bits per heavy atom. The van der Waals surface area contributed by atoms with Crippen LogP contribution in [0, 0.1) is 5.92 Å². The molecule has 0 radical (unpaired) electrons. The quantitative estimate of drug-likeness (QED) is 0.868. The highest BCUT2D eigenvalue weighted by Gasteiger charge is 2.06. The first-order valence-electron chi connectivity index (χ1n) is 4.80. The smallest absolute Gasteiger partial charge is 0.0701 e. The summed E-state index contributed by atoms with van der Waals surface area (Å²) in [5.41, 5.74) is 5.77. The Morgan fingerprint density at radius 3 is 2.71 bits per heavy atom. The molecule has 0 spiro atoms. The van der Waals surface area contributed by atoms with E-state index in [0.29, 0.717) is 5.92 Å². The second kappa shape index (κ2) is 5.85. The topological polar surface area (TPSA) is 38.0 Å². The first-order valence-corrected chi connectivity index (χ1v) is 6.41. The van der Waals surface area contributed by atoms with Crippen LogP contribution in [0.2, 0.25) is 0 Å². The van der Waals surface area contributed by atoms with E-state index in [1.165, 1.54) is 8.66 Å². The lowest BCUT2D eigenvalue weighted by atomic mass is 10.1. The molecule has 0 saturated carbocycles. The highest BCUT2D eigenvalue weighted by atomic mass is 79.9. The van der Waals surface area contributed by atoms with Crippen LogP contribution in [0.1, 0.15) is 18.7 Å². The van der Waals surface area contributed by atoms with Gasteiger partial charge in [-0.1, -0.05) is 6.92 Å². The lowest BCUT2D eigenvalue weighted by Gasteiger charge is -2.15. The van der Waals surface area contributed by atoms with Crippen LogP contribution in [0.15, 0.2) is 15.9 Å². The molecule has 80 valence electrons. The molecule has 1 rings (SSSR count). The van der Waals surface area contributed by atoms with Crippen LogP contribution in [0.25, 0.3) is 0 Å². The molecule has 0 bridgehead atoms. The molecule has 0 fully saturated rings. The average molecular weight is 277 g/mol. The number of nitrogens with one attached hydrogen (secondary N) is 1. The molecule has 2 unspecified atom stereocenters. The first-order chi connectivity index (χ1) is 6.59. The van der Waals surface area contributed by atoms with Gasteiger partial charge in [-0.2, -0.15) is 0 Å². The zero-order valence-electron chi connectivity index (χ0n) is 8.59. The molecule has 2 nitrogen and oxygen atoms in total. The third-order valence-corrected chi connectivity index (χ3v) is 3.92. The maximum absolute atomic E-state index is 5.77. The van der Waals surface area contributed by atoms with E-state index in [4.69, 9.17) is 5.73 Å². The number of hydrogen-bond donors (Lipinski definition) is 2. The summed E-state index contributed by atoms with van der Waals surface area (Å²) in [5, 5.41) is 3.41. The molecule has 0 aliphatic heterocycles. The fourth-order valence-electron chi connectivity index (χ4n) is 1.06. The molecular weight excluding hydrogens is 260 g/mol. The van der Waals surface area contributed by atoms with Gasteiger partial charge in [0.05, 0.1) is 3.79 Å².